The number of ether oxygens (including phenoxy) is 2. The highest BCUT2D eigenvalue weighted by molar-refractivity contribution is 6.31. The smallest absolute Gasteiger partial charge is 0.0878 e. The quantitative estimate of drug-likeness (QED) is 0.239. The summed E-state index contributed by atoms with van der Waals surface area (Å²) in [7, 11) is 0. The van der Waals surface area contributed by atoms with Gasteiger partial charge in [0.1, 0.15) is 0 Å². The van der Waals surface area contributed by atoms with Crippen LogP contribution < -0.4 is 21.3 Å². The molecule has 0 saturated carbocycles. The van der Waals surface area contributed by atoms with Crippen LogP contribution in [-0.4, -0.2) is 51.3 Å². The van der Waals surface area contributed by atoms with Gasteiger partial charge in [-0.25, -0.2) is 0 Å². The number of nitrogens with zero attached hydrogens (tertiary/aromatic N) is 2. The maximum Gasteiger partial charge on any atom is 0.0878 e. The molecule has 1 atom stereocenters. The fraction of sp³-hybridized carbons (Fsp3) is 0.233. The Kier molecular flexibility index (Phi) is 9.19. The standard InChI is InChI=1S/C30H31Cl2N5O2/c31-21-5-9-23(10-6-21)35-27-19-28-30(20-26(27)34-14-16-39-18-17-38-15-13-33)37(24-11-7-22(32)8-12-24)29-4-2-1-3-25(29)36-28/h1-12,19-20,28,35-36H,13-18,33H2. The lowest BCUT2D eigenvalue weighted by Crippen LogP contribution is -2.39. The van der Waals surface area contributed by atoms with Gasteiger partial charge in [-0.1, -0.05) is 35.3 Å². The van der Waals surface area contributed by atoms with Gasteiger partial charge in [0.25, 0.3) is 0 Å². The molecule has 9 heteroatoms. The molecule has 2 aliphatic rings. The van der Waals surface area contributed by atoms with Gasteiger partial charge in [0.15, 0.2) is 0 Å². The summed E-state index contributed by atoms with van der Waals surface area (Å²) in [5, 5.41) is 8.59. The van der Waals surface area contributed by atoms with E-state index in [1.54, 1.807) is 0 Å². The van der Waals surface area contributed by atoms with Gasteiger partial charge in [0.05, 0.1) is 67.5 Å². The predicted octanol–water partition coefficient (Wildman–Crippen LogP) is 6.25. The fourth-order valence-corrected chi connectivity index (χ4v) is 4.75. The SMILES string of the molecule is NCCOCCOCCN=C1C=C2C(C=C1Nc1ccc(Cl)cc1)Nc1ccccc1N2c1ccc(Cl)cc1. The lowest BCUT2D eigenvalue weighted by molar-refractivity contribution is 0.0540. The Balaban J connectivity index is 1.45. The summed E-state index contributed by atoms with van der Waals surface area (Å²) < 4.78 is 11.1. The monoisotopic (exact) mass is 563 g/mol. The molecule has 5 rings (SSSR count). The molecule has 1 aliphatic heterocycles. The van der Waals surface area contributed by atoms with Crippen LogP contribution in [0.2, 0.25) is 10.0 Å². The van der Waals surface area contributed by atoms with Gasteiger partial charge in [-0.3, -0.25) is 4.99 Å². The summed E-state index contributed by atoms with van der Waals surface area (Å²) in [6.45, 7) is 3.05. The fourth-order valence-electron chi connectivity index (χ4n) is 4.50. The van der Waals surface area contributed by atoms with Crippen LogP contribution in [-0.2, 0) is 9.47 Å². The first kappa shape index (κ1) is 27.2. The molecule has 3 aromatic rings. The number of hydrogen-bond donors (Lipinski definition) is 3. The van der Waals surface area contributed by atoms with Gasteiger partial charge in [0, 0.05) is 28.0 Å². The average Bonchev–Trinajstić information content (AvgIpc) is 2.95. The second kappa shape index (κ2) is 13.2. The molecule has 7 nitrogen and oxygen atoms in total. The van der Waals surface area contributed by atoms with Gasteiger partial charge in [-0.2, -0.15) is 0 Å². The average molecular weight is 565 g/mol. The van der Waals surface area contributed by atoms with Crippen LogP contribution >= 0.6 is 23.2 Å². The van der Waals surface area contributed by atoms with E-state index in [-0.39, 0.29) is 6.04 Å². The molecular weight excluding hydrogens is 533 g/mol. The van der Waals surface area contributed by atoms with Gasteiger partial charge in [-0.05, 0) is 72.8 Å². The number of benzene rings is 3. The second-order valence-electron chi connectivity index (χ2n) is 9.01. The van der Waals surface area contributed by atoms with E-state index in [0.29, 0.717) is 49.6 Å². The molecule has 0 spiro atoms. The van der Waals surface area contributed by atoms with Gasteiger partial charge < -0.3 is 30.7 Å². The zero-order chi connectivity index (χ0) is 27.0. The van der Waals surface area contributed by atoms with Crippen molar-refractivity contribution in [3.05, 3.63) is 106 Å². The van der Waals surface area contributed by atoms with Crippen molar-refractivity contribution < 1.29 is 9.47 Å². The highest BCUT2D eigenvalue weighted by Crippen LogP contribution is 2.43. The van der Waals surface area contributed by atoms with Crippen LogP contribution in [0.5, 0.6) is 0 Å². The molecule has 0 bridgehead atoms. The normalized spacial score (nSPS) is 17.2. The van der Waals surface area contributed by atoms with Crippen LogP contribution in [0.1, 0.15) is 0 Å². The van der Waals surface area contributed by atoms with Crippen molar-refractivity contribution >= 4 is 51.7 Å². The molecule has 1 aliphatic carbocycles. The number of halogens is 2. The third kappa shape index (κ3) is 6.82. The van der Waals surface area contributed by atoms with Crippen LogP contribution in [0.3, 0.4) is 0 Å². The number of fused-ring (bicyclic) bond motifs is 2. The van der Waals surface area contributed by atoms with Crippen molar-refractivity contribution in [2.75, 3.05) is 55.1 Å². The third-order valence-electron chi connectivity index (χ3n) is 6.29. The molecular formula is C30H31Cl2N5O2. The van der Waals surface area contributed by atoms with Crippen LogP contribution in [0.15, 0.2) is 101 Å². The Labute approximate surface area is 238 Å². The Morgan fingerprint density at radius 2 is 1.56 bits per heavy atom. The van der Waals surface area contributed by atoms with Crippen LogP contribution in [0, 0.1) is 0 Å². The van der Waals surface area contributed by atoms with Crippen LogP contribution in [0.4, 0.5) is 22.7 Å². The molecule has 0 radical (unpaired) electrons. The van der Waals surface area contributed by atoms with E-state index >= 15 is 0 Å². The van der Waals surface area contributed by atoms with E-state index < -0.39 is 0 Å². The molecule has 1 unspecified atom stereocenters. The van der Waals surface area contributed by atoms with Crippen molar-refractivity contribution in [1.29, 1.82) is 0 Å². The van der Waals surface area contributed by atoms with Gasteiger partial charge >= 0.3 is 0 Å². The molecule has 0 saturated heterocycles. The summed E-state index contributed by atoms with van der Waals surface area (Å²) in [5.41, 5.74) is 12.3. The van der Waals surface area contributed by atoms with E-state index in [4.69, 9.17) is 43.4 Å². The topological polar surface area (TPSA) is 84.1 Å². The third-order valence-corrected chi connectivity index (χ3v) is 6.79. The summed E-state index contributed by atoms with van der Waals surface area (Å²) in [6, 6.07) is 23.7. The molecule has 3 aromatic carbocycles. The maximum atomic E-state index is 6.22. The number of anilines is 4. The lowest BCUT2D eigenvalue weighted by atomic mass is 9.96. The zero-order valence-corrected chi connectivity index (χ0v) is 23.0. The van der Waals surface area contributed by atoms with Crippen molar-refractivity contribution in [3.8, 4) is 0 Å². The molecule has 0 amide bonds. The van der Waals surface area contributed by atoms with Crippen molar-refractivity contribution in [1.82, 2.24) is 0 Å². The van der Waals surface area contributed by atoms with E-state index in [0.717, 1.165) is 39.9 Å². The molecule has 4 N–H and O–H groups in total. The van der Waals surface area contributed by atoms with Gasteiger partial charge in [0.2, 0.25) is 0 Å². The summed E-state index contributed by atoms with van der Waals surface area (Å²) in [4.78, 5) is 7.18. The van der Waals surface area contributed by atoms with E-state index in [9.17, 15) is 0 Å². The first-order valence-electron chi connectivity index (χ1n) is 12.9. The number of hydrogen-bond acceptors (Lipinski definition) is 7. The first-order chi connectivity index (χ1) is 19.1. The molecule has 202 valence electrons. The molecule has 1 heterocycles. The zero-order valence-electron chi connectivity index (χ0n) is 21.4. The minimum Gasteiger partial charge on any atom is -0.378 e. The first-order valence-corrected chi connectivity index (χ1v) is 13.7. The summed E-state index contributed by atoms with van der Waals surface area (Å²) in [5.74, 6) is 0. The highest BCUT2D eigenvalue weighted by Gasteiger charge is 2.32. The minimum absolute atomic E-state index is 0.0831. The summed E-state index contributed by atoms with van der Waals surface area (Å²) >= 11 is 12.3. The van der Waals surface area contributed by atoms with Gasteiger partial charge in [-0.15, -0.1) is 0 Å². The van der Waals surface area contributed by atoms with E-state index in [2.05, 4.69) is 39.8 Å². The Bertz CT molecular complexity index is 1360. The number of nitrogens with one attached hydrogen (secondary N) is 2. The van der Waals surface area contributed by atoms with Crippen molar-refractivity contribution in [2.24, 2.45) is 10.7 Å². The Hall–Kier alpha value is -3.33. The second-order valence-corrected chi connectivity index (χ2v) is 9.89. The largest absolute Gasteiger partial charge is 0.378 e. The summed E-state index contributed by atoms with van der Waals surface area (Å²) in [6.07, 6.45) is 4.30. The number of allylic oxidation sites excluding steroid dienone is 1. The Morgan fingerprint density at radius 1 is 0.872 bits per heavy atom. The number of para-hydroxylation sites is 2. The van der Waals surface area contributed by atoms with Crippen molar-refractivity contribution in [2.45, 2.75) is 6.04 Å². The predicted molar refractivity (Wildman–Crippen MR) is 162 cm³/mol. The lowest BCUT2D eigenvalue weighted by Gasteiger charge is -2.40. The Morgan fingerprint density at radius 3 is 2.31 bits per heavy atom. The molecule has 39 heavy (non-hydrogen) atoms. The van der Waals surface area contributed by atoms with Crippen molar-refractivity contribution in [3.63, 3.8) is 0 Å². The van der Waals surface area contributed by atoms with E-state index in [1.165, 1.54) is 0 Å². The molecule has 0 fully saturated rings. The minimum atomic E-state index is -0.0831. The number of nitrogens with two attached hydrogens (primary N) is 1. The highest BCUT2D eigenvalue weighted by atomic mass is 35.5. The molecule has 0 aromatic heterocycles. The van der Waals surface area contributed by atoms with Crippen LogP contribution in [0.25, 0.3) is 0 Å². The van der Waals surface area contributed by atoms with E-state index in [1.807, 2.05) is 60.7 Å². The number of aliphatic imine (C=N–C) groups is 1. The number of rotatable bonds is 11. The maximum absolute atomic E-state index is 6.22.